The second-order valence-corrected chi connectivity index (χ2v) is 14.7. The molecular formula is C32H34N4O6S3. The third-order valence-electron chi connectivity index (χ3n) is 8.15. The second kappa shape index (κ2) is 13.6. The Kier molecular flexibility index (Phi) is 9.52. The number of thiocarbonyl (C=S) groups is 1. The van der Waals surface area contributed by atoms with Crippen LogP contribution in [-0.2, 0) is 29.1 Å². The number of rotatable bonds is 9. The van der Waals surface area contributed by atoms with Crippen molar-refractivity contribution < 1.29 is 27.5 Å². The van der Waals surface area contributed by atoms with Gasteiger partial charge in [-0.1, -0.05) is 54.3 Å². The monoisotopic (exact) mass is 666 g/mol. The van der Waals surface area contributed by atoms with E-state index in [-0.39, 0.29) is 41.9 Å². The van der Waals surface area contributed by atoms with Crippen molar-refractivity contribution in [2.45, 2.75) is 43.6 Å². The quantitative estimate of drug-likeness (QED) is 0.179. The minimum absolute atomic E-state index is 0.0242. The van der Waals surface area contributed by atoms with Gasteiger partial charge in [-0.25, -0.2) is 13.1 Å². The Labute approximate surface area is 272 Å². The van der Waals surface area contributed by atoms with Gasteiger partial charge in [0.15, 0.2) is 0 Å². The van der Waals surface area contributed by atoms with Crippen LogP contribution in [0.4, 0.5) is 0 Å². The summed E-state index contributed by atoms with van der Waals surface area (Å²) in [6, 6.07) is 16.3. The highest BCUT2D eigenvalue weighted by Gasteiger charge is 2.36. The second-order valence-electron chi connectivity index (χ2n) is 11.1. The summed E-state index contributed by atoms with van der Waals surface area (Å²) in [6.45, 7) is 3.65. The molecule has 0 aliphatic carbocycles. The number of aromatic nitrogens is 2. The maximum absolute atomic E-state index is 13.7. The van der Waals surface area contributed by atoms with Crippen LogP contribution in [0, 0.1) is 5.92 Å². The van der Waals surface area contributed by atoms with E-state index in [1.54, 1.807) is 40.8 Å². The van der Waals surface area contributed by atoms with Crippen molar-refractivity contribution >= 4 is 56.3 Å². The van der Waals surface area contributed by atoms with E-state index in [1.807, 2.05) is 42.6 Å². The molecule has 10 nitrogen and oxygen atoms in total. The van der Waals surface area contributed by atoms with Crippen LogP contribution >= 0.6 is 24.0 Å². The molecule has 1 unspecified atom stereocenters. The van der Waals surface area contributed by atoms with Crippen LogP contribution in [0.3, 0.4) is 0 Å². The first-order valence-corrected chi connectivity index (χ1v) is 17.7. The Morgan fingerprint density at radius 2 is 1.91 bits per heavy atom. The number of esters is 1. The van der Waals surface area contributed by atoms with Gasteiger partial charge in [-0.3, -0.25) is 14.5 Å². The van der Waals surface area contributed by atoms with Crippen LogP contribution < -0.4 is 0 Å². The van der Waals surface area contributed by atoms with Crippen molar-refractivity contribution in [1.29, 1.82) is 0 Å². The van der Waals surface area contributed by atoms with E-state index < -0.39 is 10.0 Å². The van der Waals surface area contributed by atoms with Gasteiger partial charge in [-0.15, -0.1) is 0 Å². The van der Waals surface area contributed by atoms with Gasteiger partial charge in [0.1, 0.15) is 10.0 Å². The lowest BCUT2D eigenvalue weighted by Crippen LogP contribution is -2.40. The van der Waals surface area contributed by atoms with E-state index in [9.17, 15) is 18.0 Å². The molecule has 0 bridgehead atoms. The minimum Gasteiger partial charge on any atom is -0.466 e. The molecule has 1 atom stereocenters. The molecular weight excluding hydrogens is 633 g/mol. The molecule has 1 aromatic heterocycles. The molecule has 0 saturated carbocycles. The molecule has 236 valence electrons. The van der Waals surface area contributed by atoms with Gasteiger partial charge < -0.3 is 9.47 Å². The number of ether oxygens (including phenoxy) is 2. The number of hydrogen-bond donors (Lipinski definition) is 0. The molecule has 1 amide bonds. The summed E-state index contributed by atoms with van der Waals surface area (Å²) in [6.07, 6.45) is 6.27. The highest BCUT2D eigenvalue weighted by Crippen LogP contribution is 2.36. The summed E-state index contributed by atoms with van der Waals surface area (Å²) < 4.78 is 41.9. The number of thioether (sulfide) groups is 1. The van der Waals surface area contributed by atoms with Crippen LogP contribution in [0.1, 0.15) is 38.2 Å². The van der Waals surface area contributed by atoms with Gasteiger partial charge in [0, 0.05) is 37.0 Å². The largest absolute Gasteiger partial charge is 0.466 e. The number of piperidine rings is 1. The molecule has 3 aliphatic rings. The van der Waals surface area contributed by atoms with E-state index in [2.05, 4.69) is 0 Å². The average molecular weight is 667 g/mol. The van der Waals surface area contributed by atoms with Crippen LogP contribution in [0.5, 0.6) is 0 Å². The number of amides is 1. The Balaban J connectivity index is 1.31. The topological polar surface area (TPSA) is 111 Å². The van der Waals surface area contributed by atoms with Gasteiger partial charge >= 0.3 is 5.97 Å². The predicted molar refractivity (Wildman–Crippen MR) is 176 cm³/mol. The zero-order valence-corrected chi connectivity index (χ0v) is 27.3. The number of hydrogen-bond acceptors (Lipinski definition) is 9. The van der Waals surface area contributed by atoms with Gasteiger partial charge in [0.2, 0.25) is 10.0 Å². The van der Waals surface area contributed by atoms with E-state index in [4.69, 9.17) is 26.8 Å². The van der Waals surface area contributed by atoms with Gasteiger partial charge in [0.05, 0.1) is 40.7 Å². The van der Waals surface area contributed by atoms with E-state index in [0.717, 1.165) is 18.5 Å². The molecule has 0 N–H and O–H groups in total. The van der Waals surface area contributed by atoms with Crippen molar-refractivity contribution in [3.63, 3.8) is 0 Å². The summed E-state index contributed by atoms with van der Waals surface area (Å²) in [5.74, 6) is -0.755. The van der Waals surface area contributed by atoms with Crippen LogP contribution in [-0.4, -0.2) is 82.6 Å². The fourth-order valence-electron chi connectivity index (χ4n) is 5.77. The summed E-state index contributed by atoms with van der Waals surface area (Å²) in [5, 5.41) is 4.85. The van der Waals surface area contributed by atoms with Crippen molar-refractivity contribution in [2.75, 3.05) is 32.8 Å². The summed E-state index contributed by atoms with van der Waals surface area (Å²) in [5.41, 5.74) is 2.59. The minimum atomic E-state index is -3.83. The maximum atomic E-state index is 13.7. The number of carbonyl (C=O) groups excluding carboxylic acids is 2. The third-order valence-corrected chi connectivity index (χ3v) is 11.4. The predicted octanol–water partition coefficient (Wildman–Crippen LogP) is 4.88. The number of para-hydroxylation sites is 1. The molecule has 3 aliphatic heterocycles. The summed E-state index contributed by atoms with van der Waals surface area (Å²) >= 11 is 6.80. The lowest BCUT2D eigenvalue weighted by atomic mass is 9.98. The molecule has 3 aromatic rings. The van der Waals surface area contributed by atoms with E-state index >= 15 is 0 Å². The summed E-state index contributed by atoms with van der Waals surface area (Å²) in [7, 11) is -3.83. The maximum Gasteiger partial charge on any atom is 0.309 e. The first kappa shape index (κ1) is 31.6. The van der Waals surface area contributed by atoms with Gasteiger partial charge in [0.25, 0.3) is 5.91 Å². The standard InChI is InChI=1S/C32H34N4O6S3/c1-2-41-31(38)22-13-15-34(16-14-22)45(39,40)27-12-6-8-23(18-27)29-24(20-36(33-29)25-9-4-3-5-10-25)19-28-30(37)35(32(43)44-28)21-26-11-7-17-42-26/h3-6,8-10,12,18-20,22,26H,2,7,11,13-17,21H2,1H3. The molecule has 0 spiro atoms. The molecule has 13 heteroatoms. The lowest BCUT2D eigenvalue weighted by Gasteiger charge is -2.30. The normalized spacial score (nSPS) is 20.8. The fourth-order valence-corrected chi connectivity index (χ4v) is 8.55. The smallest absolute Gasteiger partial charge is 0.309 e. The van der Waals surface area contributed by atoms with Gasteiger partial charge in [-0.2, -0.15) is 9.40 Å². The van der Waals surface area contributed by atoms with Crippen molar-refractivity contribution in [1.82, 2.24) is 19.0 Å². The third kappa shape index (κ3) is 6.77. The van der Waals surface area contributed by atoms with E-state index in [1.165, 1.54) is 16.1 Å². The molecule has 3 saturated heterocycles. The van der Waals surface area contributed by atoms with Crippen LogP contribution in [0.2, 0.25) is 0 Å². The Morgan fingerprint density at radius 3 is 2.62 bits per heavy atom. The first-order chi connectivity index (χ1) is 21.7. The number of sulfonamides is 1. The van der Waals surface area contributed by atoms with Crippen molar-refractivity contribution in [3.8, 4) is 16.9 Å². The van der Waals surface area contributed by atoms with E-state index in [0.29, 0.717) is 58.6 Å². The Morgan fingerprint density at radius 1 is 1.13 bits per heavy atom. The van der Waals surface area contributed by atoms with Crippen molar-refractivity contribution in [2.24, 2.45) is 5.92 Å². The molecule has 4 heterocycles. The summed E-state index contributed by atoms with van der Waals surface area (Å²) in [4.78, 5) is 27.8. The average Bonchev–Trinajstić information content (AvgIpc) is 3.79. The zero-order chi connectivity index (χ0) is 31.6. The highest BCUT2D eigenvalue weighted by atomic mass is 32.2. The molecule has 6 rings (SSSR count). The fraction of sp³-hybridized carbons (Fsp3) is 0.375. The lowest BCUT2D eigenvalue weighted by molar-refractivity contribution is -0.149. The number of nitrogens with zero attached hydrogens (tertiary/aromatic N) is 4. The molecule has 3 fully saturated rings. The molecule has 45 heavy (non-hydrogen) atoms. The Hall–Kier alpha value is -3.36. The van der Waals surface area contributed by atoms with Gasteiger partial charge in [-0.05, 0) is 62.9 Å². The SMILES string of the molecule is CCOC(=O)C1CCN(S(=O)(=O)c2cccc(-c3nn(-c4ccccc4)cc3C=C3SC(=S)N(CC4CCCO4)C3=O)c2)CC1. The highest BCUT2D eigenvalue weighted by molar-refractivity contribution is 8.26. The Bertz CT molecular complexity index is 1730. The molecule has 0 radical (unpaired) electrons. The number of benzene rings is 2. The zero-order valence-electron chi connectivity index (χ0n) is 24.8. The van der Waals surface area contributed by atoms with Crippen molar-refractivity contribution in [3.05, 3.63) is 71.3 Å². The number of carbonyl (C=O) groups is 2. The van der Waals surface area contributed by atoms with Crippen LogP contribution in [0.15, 0.2) is 70.6 Å². The van der Waals surface area contributed by atoms with Crippen LogP contribution in [0.25, 0.3) is 23.0 Å². The molecule has 2 aromatic carbocycles. The first-order valence-electron chi connectivity index (χ1n) is 15.0.